The molecule has 4 N–H and O–H groups in total. The van der Waals surface area contributed by atoms with Gasteiger partial charge in [0.1, 0.15) is 0 Å². The molecule has 3 rings (SSSR count). The first kappa shape index (κ1) is 13.9. The van der Waals surface area contributed by atoms with E-state index in [-0.39, 0.29) is 5.11 Å². The van der Waals surface area contributed by atoms with Gasteiger partial charge < -0.3 is 11.5 Å². The van der Waals surface area contributed by atoms with Gasteiger partial charge in [0.2, 0.25) is 11.6 Å². The van der Waals surface area contributed by atoms with Gasteiger partial charge in [-0.3, -0.25) is 9.59 Å². The van der Waals surface area contributed by atoms with Crippen LogP contribution in [-0.2, 0) is 0 Å². The quantitative estimate of drug-likeness (QED) is 0.570. The highest BCUT2D eigenvalue weighted by Gasteiger charge is 2.29. The van der Waals surface area contributed by atoms with E-state index in [1.54, 1.807) is 24.3 Å². The largest absolute Gasteiger partial charge is 0.377 e. The lowest BCUT2D eigenvalue weighted by Gasteiger charge is -2.16. The number of rotatable bonds is 0. The summed E-state index contributed by atoms with van der Waals surface area (Å²) in [6.45, 7) is 0. The minimum absolute atomic E-state index is 0.000000000000000222. The van der Waals surface area contributed by atoms with Crippen LogP contribution in [0.4, 0.5) is 0 Å². The number of nitrogens with two attached hydrogens (primary N) is 2. The molecule has 0 saturated carbocycles. The van der Waals surface area contributed by atoms with Crippen molar-refractivity contribution in [3.05, 3.63) is 59.7 Å². The molecule has 0 aliphatic heterocycles. The molecule has 0 saturated heterocycles. The summed E-state index contributed by atoms with van der Waals surface area (Å²) in [4.78, 5) is 23.7. The number of benzene rings is 2. The molecule has 0 fully saturated rings. The molecule has 1 aliphatic rings. The zero-order chi connectivity index (χ0) is 14.7. The average Bonchev–Trinajstić information content (AvgIpc) is 2.44. The van der Waals surface area contributed by atoms with Crippen LogP contribution in [0, 0.1) is 0 Å². The Hall–Kier alpha value is -2.53. The zero-order valence-corrected chi connectivity index (χ0v) is 11.3. The van der Waals surface area contributed by atoms with Crippen LogP contribution in [0.5, 0.6) is 0 Å². The number of carbonyl (C=O) groups excluding carboxylic acids is 2. The first-order chi connectivity index (χ1) is 9.52. The van der Waals surface area contributed by atoms with Crippen LogP contribution in [0.3, 0.4) is 0 Å². The Bertz CT molecular complexity index is 651. The Labute approximate surface area is 121 Å². The van der Waals surface area contributed by atoms with Crippen molar-refractivity contribution < 1.29 is 9.59 Å². The van der Waals surface area contributed by atoms with Crippen LogP contribution in [0.2, 0.25) is 0 Å². The van der Waals surface area contributed by atoms with Gasteiger partial charge in [-0.05, 0) is 23.3 Å². The minimum Gasteiger partial charge on any atom is -0.377 e. The summed E-state index contributed by atoms with van der Waals surface area (Å²) in [6, 6.07) is 14.4. The Morgan fingerprint density at radius 3 is 1.25 bits per heavy atom. The average molecular weight is 284 g/mol. The molecular formula is C15H12N2O2S. The summed E-state index contributed by atoms with van der Waals surface area (Å²) in [6.07, 6.45) is 0. The maximum absolute atomic E-state index is 11.8. The number of thiocarbonyl (C=S) groups is 1. The maximum Gasteiger partial charge on any atom is 0.234 e. The number of hydrogen-bond donors (Lipinski definition) is 2. The second kappa shape index (κ2) is 5.63. The maximum atomic E-state index is 11.8. The molecule has 0 atom stereocenters. The van der Waals surface area contributed by atoms with Gasteiger partial charge in [0, 0.05) is 11.1 Å². The van der Waals surface area contributed by atoms with E-state index in [9.17, 15) is 9.59 Å². The standard InChI is InChI=1S/C14H8O2.CH4N2S/c15-13-11-7-3-1-5-9(11)10-6-2-4-8-12(10)14(13)16;2-1(3)4/h1-8H;(H4,2,3,4). The first-order valence-electron chi connectivity index (χ1n) is 5.84. The number of fused-ring (bicyclic) bond motifs is 3. The van der Waals surface area contributed by atoms with Gasteiger partial charge in [-0.2, -0.15) is 0 Å². The van der Waals surface area contributed by atoms with Crippen molar-refractivity contribution in [2.75, 3.05) is 0 Å². The van der Waals surface area contributed by atoms with Crippen LogP contribution in [0.25, 0.3) is 11.1 Å². The van der Waals surface area contributed by atoms with Gasteiger partial charge in [-0.1, -0.05) is 48.5 Å². The van der Waals surface area contributed by atoms with Crippen molar-refractivity contribution in [1.82, 2.24) is 0 Å². The highest BCUT2D eigenvalue weighted by Crippen LogP contribution is 2.32. The predicted molar refractivity (Wildman–Crippen MR) is 81.5 cm³/mol. The van der Waals surface area contributed by atoms with E-state index >= 15 is 0 Å². The third kappa shape index (κ3) is 2.57. The van der Waals surface area contributed by atoms with Gasteiger partial charge in [0.05, 0.1) is 0 Å². The molecule has 2 aromatic carbocycles. The normalized spacial score (nSPS) is 11.8. The molecule has 100 valence electrons. The molecule has 1 aliphatic carbocycles. The lowest BCUT2D eigenvalue weighted by Crippen LogP contribution is -2.20. The fourth-order valence-corrected chi connectivity index (χ4v) is 2.08. The van der Waals surface area contributed by atoms with E-state index in [2.05, 4.69) is 23.7 Å². The summed E-state index contributed by atoms with van der Waals surface area (Å²) in [5.41, 5.74) is 12.0. The van der Waals surface area contributed by atoms with E-state index in [1.165, 1.54) is 0 Å². The molecule has 2 aromatic rings. The van der Waals surface area contributed by atoms with Gasteiger partial charge in [-0.15, -0.1) is 0 Å². The molecule has 0 amide bonds. The highest BCUT2D eigenvalue weighted by molar-refractivity contribution is 7.80. The van der Waals surface area contributed by atoms with Crippen molar-refractivity contribution in [2.24, 2.45) is 11.5 Å². The fraction of sp³-hybridized carbons (Fsp3) is 0. The Kier molecular flexibility index (Phi) is 3.91. The van der Waals surface area contributed by atoms with Gasteiger partial charge in [0.25, 0.3) is 0 Å². The molecule has 5 heteroatoms. The summed E-state index contributed by atoms with van der Waals surface area (Å²) in [5.74, 6) is -0.816. The fourth-order valence-electron chi connectivity index (χ4n) is 2.08. The Morgan fingerprint density at radius 2 is 0.950 bits per heavy atom. The first-order valence-corrected chi connectivity index (χ1v) is 6.25. The zero-order valence-electron chi connectivity index (χ0n) is 10.5. The third-order valence-electron chi connectivity index (χ3n) is 2.84. The van der Waals surface area contributed by atoms with E-state index in [1.807, 2.05) is 24.3 Å². The number of ketones is 2. The smallest absolute Gasteiger partial charge is 0.234 e. The Morgan fingerprint density at radius 1 is 0.700 bits per heavy atom. The molecule has 0 unspecified atom stereocenters. The molecule has 0 heterocycles. The van der Waals surface area contributed by atoms with E-state index in [0.29, 0.717) is 11.1 Å². The van der Waals surface area contributed by atoms with Gasteiger partial charge in [0.15, 0.2) is 5.11 Å². The van der Waals surface area contributed by atoms with Crippen LogP contribution < -0.4 is 11.5 Å². The van der Waals surface area contributed by atoms with Gasteiger partial charge in [-0.25, -0.2) is 0 Å². The number of hydrogen-bond acceptors (Lipinski definition) is 3. The number of Topliss-reactive ketones (excluding diaryl/α,β-unsaturated/α-hetero) is 2. The summed E-state index contributed by atoms with van der Waals surface area (Å²) in [7, 11) is 0. The van der Waals surface area contributed by atoms with Crippen molar-refractivity contribution in [3.63, 3.8) is 0 Å². The van der Waals surface area contributed by atoms with Crippen molar-refractivity contribution >= 4 is 28.9 Å². The topological polar surface area (TPSA) is 86.2 Å². The molecular weight excluding hydrogens is 272 g/mol. The summed E-state index contributed by atoms with van der Waals surface area (Å²) >= 11 is 4.09. The lowest BCUT2D eigenvalue weighted by molar-refractivity contribution is 0.0815. The van der Waals surface area contributed by atoms with Crippen molar-refractivity contribution in [3.8, 4) is 11.1 Å². The van der Waals surface area contributed by atoms with Gasteiger partial charge >= 0.3 is 0 Å². The van der Waals surface area contributed by atoms with Crippen molar-refractivity contribution in [2.45, 2.75) is 0 Å². The van der Waals surface area contributed by atoms with Crippen LogP contribution in [0.15, 0.2) is 48.5 Å². The molecule has 0 spiro atoms. The second-order valence-corrected chi connectivity index (χ2v) is 4.62. The van der Waals surface area contributed by atoms with Crippen LogP contribution >= 0.6 is 12.2 Å². The molecule has 20 heavy (non-hydrogen) atoms. The van der Waals surface area contributed by atoms with E-state index in [4.69, 9.17) is 0 Å². The molecule has 4 nitrogen and oxygen atoms in total. The second-order valence-electron chi connectivity index (χ2n) is 4.15. The summed E-state index contributed by atoms with van der Waals surface area (Å²) < 4.78 is 0. The number of carbonyl (C=O) groups is 2. The van der Waals surface area contributed by atoms with E-state index < -0.39 is 11.6 Å². The monoisotopic (exact) mass is 284 g/mol. The highest BCUT2D eigenvalue weighted by atomic mass is 32.1. The van der Waals surface area contributed by atoms with Crippen LogP contribution in [0.1, 0.15) is 20.7 Å². The third-order valence-corrected chi connectivity index (χ3v) is 2.84. The van der Waals surface area contributed by atoms with Crippen molar-refractivity contribution in [1.29, 1.82) is 0 Å². The molecule has 0 aromatic heterocycles. The van der Waals surface area contributed by atoms with E-state index in [0.717, 1.165) is 11.1 Å². The summed E-state index contributed by atoms with van der Waals surface area (Å²) in [5, 5.41) is 0.000000000000000222. The molecule has 0 bridgehead atoms. The SMILES string of the molecule is NC(N)=S.O=C1C(=O)c2ccccc2-c2ccccc21. The predicted octanol–water partition coefficient (Wildman–Crippen LogP) is 1.92. The molecule has 0 radical (unpaired) electrons. The lowest BCUT2D eigenvalue weighted by atomic mass is 9.84. The minimum atomic E-state index is -0.408. The Balaban J connectivity index is 0.000000328. The van der Waals surface area contributed by atoms with Crippen LogP contribution in [-0.4, -0.2) is 16.7 Å².